The molecule has 25 heavy (non-hydrogen) atoms. The van der Waals surface area contributed by atoms with Crippen LogP contribution in [0.15, 0.2) is 36.4 Å². The standard InChI is InChI=1S/C15H13ClN3O5S/c16-13-6-5-12(25-13)14(20)17-7-11-8-18(15(21)24-11)9-1-3-10(4-2-9)19(22)23/h1-6,11,19H,7-8H2,(H,17,20)/q-1/t11-/m0/s1. The summed E-state index contributed by atoms with van der Waals surface area (Å²) in [5, 5.41) is 22.9. The highest BCUT2D eigenvalue weighted by Gasteiger charge is 2.32. The van der Waals surface area contributed by atoms with Crippen molar-refractivity contribution in [2.24, 2.45) is 0 Å². The van der Waals surface area contributed by atoms with E-state index >= 15 is 0 Å². The molecule has 1 saturated heterocycles. The van der Waals surface area contributed by atoms with Gasteiger partial charge in [0.2, 0.25) is 0 Å². The van der Waals surface area contributed by atoms with Gasteiger partial charge in [0, 0.05) is 17.8 Å². The van der Waals surface area contributed by atoms with E-state index in [2.05, 4.69) is 5.32 Å². The maximum atomic E-state index is 12.0. The fourth-order valence-electron chi connectivity index (χ4n) is 2.35. The van der Waals surface area contributed by atoms with Crippen LogP contribution in [-0.2, 0) is 4.74 Å². The molecular weight excluding hydrogens is 370 g/mol. The average molecular weight is 383 g/mol. The van der Waals surface area contributed by atoms with Gasteiger partial charge in [-0.05, 0) is 24.3 Å². The Labute approximate surface area is 151 Å². The molecule has 1 aromatic carbocycles. The maximum absolute atomic E-state index is 12.0. The number of nitrogens with zero attached hydrogens (tertiary/aromatic N) is 1. The molecule has 1 atom stereocenters. The van der Waals surface area contributed by atoms with Crippen molar-refractivity contribution in [2.45, 2.75) is 6.10 Å². The Balaban J connectivity index is 1.57. The Hall–Kier alpha value is -2.17. The first-order valence-electron chi connectivity index (χ1n) is 7.27. The first-order valence-corrected chi connectivity index (χ1v) is 8.46. The molecule has 0 bridgehead atoms. The molecule has 2 aromatic rings. The number of halogens is 1. The lowest BCUT2D eigenvalue weighted by Gasteiger charge is -2.25. The quantitative estimate of drug-likeness (QED) is 0.764. The van der Waals surface area contributed by atoms with Crippen LogP contribution < -0.4 is 15.4 Å². The van der Waals surface area contributed by atoms with Crippen LogP contribution in [0.2, 0.25) is 4.34 Å². The van der Waals surface area contributed by atoms with Crippen LogP contribution in [0.1, 0.15) is 9.67 Å². The molecule has 0 saturated carbocycles. The first-order chi connectivity index (χ1) is 11.9. The third-order valence-corrected chi connectivity index (χ3v) is 4.81. The molecule has 3 rings (SSSR count). The van der Waals surface area contributed by atoms with Crippen LogP contribution in [0.3, 0.4) is 0 Å². The minimum Gasteiger partial charge on any atom is -0.628 e. The van der Waals surface area contributed by atoms with Crippen molar-refractivity contribution < 1.29 is 19.6 Å². The van der Waals surface area contributed by atoms with E-state index in [1.54, 1.807) is 12.1 Å². The Morgan fingerprint density at radius 2 is 2.04 bits per heavy atom. The number of hydrogen-bond acceptors (Lipinski definition) is 6. The zero-order valence-electron chi connectivity index (χ0n) is 12.7. The minimum absolute atomic E-state index is 0.0229. The number of hydrogen-bond donors (Lipinski definition) is 2. The molecule has 132 valence electrons. The largest absolute Gasteiger partial charge is 0.628 e. The van der Waals surface area contributed by atoms with Crippen LogP contribution in [0.4, 0.5) is 16.2 Å². The summed E-state index contributed by atoms with van der Waals surface area (Å²) in [7, 11) is 0. The van der Waals surface area contributed by atoms with E-state index in [4.69, 9.17) is 16.3 Å². The number of benzene rings is 1. The summed E-state index contributed by atoms with van der Waals surface area (Å²) in [6, 6.07) is 8.96. The number of carbonyl (C=O) groups excluding carboxylic acids is 2. The third-order valence-electron chi connectivity index (χ3n) is 3.58. The van der Waals surface area contributed by atoms with Crippen molar-refractivity contribution in [3.8, 4) is 0 Å². The minimum atomic E-state index is -1.29. The molecule has 8 nitrogen and oxygen atoms in total. The summed E-state index contributed by atoms with van der Waals surface area (Å²) in [5.41, 5.74) is 0.531. The number of ether oxygens (including phenoxy) is 1. The van der Waals surface area contributed by atoms with Crippen LogP contribution >= 0.6 is 22.9 Å². The summed E-state index contributed by atoms with van der Waals surface area (Å²) >= 11 is 6.95. The zero-order chi connectivity index (χ0) is 18.0. The van der Waals surface area contributed by atoms with Gasteiger partial charge in [-0.1, -0.05) is 11.6 Å². The van der Waals surface area contributed by atoms with E-state index < -0.39 is 17.4 Å². The number of rotatable bonds is 5. The van der Waals surface area contributed by atoms with Crippen LogP contribution in [-0.4, -0.2) is 31.2 Å². The first kappa shape index (κ1) is 17.6. The predicted molar refractivity (Wildman–Crippen MR) is 93.1 cm³/mol. The number of anilines is 1. The molecule has 0 unspecified atom stereocenters. The summed E-state index contributed by atoms with van der Waals surface area (Å²) in [4.78, 5) is 25.8. The number of cyclic esters (lactones) is 1. The number of amides is 2. The Bertz CT molecular complexity index is 780. The van der Waals surface area contributed by atoms with Gasteiger partial charge in [0.25, 0.3) is 5.91 Å². The topological polar surface area (TPSA) is 109 Å². The van der Waals surface area contributed by atoms with Crippen molar-refractivity contribution in [3.63, 3.8) is 0 Å². The molecule has 10 heteroatoms. The van der Waals surface area contributed by atoms with E-state index in [9.17, 15) is 20.0 Å². The highest BCUT2D eigenvalue weighted by molar-refractivity contribution is 7.17. The van der Waals surface area contributed by atoms with Gasteiger partial charge in [-0.2, -0.15) is 0 Å². The molecule has 1 aliphatic rings. The fraction of sp³-hybridized carbons (Fsp3) is 0.200. The average Bonchev–Trinajstić information content (AvgIpc) is 3.18. The second-order valence-corrected chi connectivity index (χ2v) is 6.98. The number of nitrogens with one attached hydrogen (secondary N) is 2. The summed E-state index contributed by atoms with van der Waals surface area (Å²) < 4.78 is 5.74. The van der Waals surface area contributed by atoms with Crippen molar-refractivity contribution in [3.05, 3.63) is 56.0 Å². The second kappa shape index (κ2) is 7.38. The van der Waals surface area contributed by atoms with Crippen molar-refractivity contribution in [1.82, 2.24) is 5.32 Å². The second-order valence-electron chi connectivity index (χ2n) is 5.26. The third kappa shape index (κ3) is 4.09. The molecule has 2 heterocycles. The molecule has 1 fully saturated rings. The van der Waals surface area contributed by atoms with Crippen LogP contribution in [0.5, 0.6) is 0 Å². The SMILES string of the molecule is O=C(NC[C@H]1CN(c2ccc([NH+]([O-])[O-])cc2)C(=O)O1)c1ccc(Cl)s1. The van der Waals surface area contributed by atoms with Crippen molar-refractivity contribution >= 4 is 46.3 Å². The van der Waals surface area contributed by atoms with Gasteiger partial charge < -0.3 is 25.7 Å². The lowest BCUT2D eigenvalue weighted by atomic mass is 10.2. The lowest BCUT2D eigenvalue weighted by Crippen LogP contribution is -2.96. The van der Waals surface area contributed by atoms with Gasteiger partial charge in [0.05, 0.1) is 22.3 Å². The Morgan fingerprint density at radius 3 is 2.64 bits per heavy atom. The summed E-state index contributed by atoms with van der Waals surface area (Å²) in [5.74, 6) is -0.287. The van der Waals surface area contributed by atoms with Gasteiger partial charge in [-0.25, -0.2) is 4.79 Å². The molecule has 0 spiro atoms. The molecule has 2 amide bonds. The molecule has 1 aromatic heterocycles. The normalized spacial score (nSPS) is 17.0. The summed E-state index contributed by atoms with van der Waals surface area (Å²) in [6.45, 7) is 0.405. The van der Waals surface area contributed by atoms with E-state index in [1.807, 2.05) is 0 Å². The number of quaternary nitrogens is 1. The number of carbonyl (C=O) groups is 2. The molecule has 1 aliphatic heterocycles. The Kier molecular flexibility index (Phi) is 5.21. The van der Waals surface area contributed by atoms with Gasteiger partial charge in [-0.3, -0.25) is 9.69 Å². The van der Waals surface area contributed by atoms with Gasteiger partial charge in [0.1, 0.15) is 11.8 Å². The predicted octanol–water partition coefficient (Wildman–Crippen LogP) is 1.67. The number of thiophene rings is 1. The maximum Gasteiger partial charge on any atom is 0.414 e. The summed E-state index contributed by atoms with van der Waals surface area (Å²) in [6.07, 6.45) is -1.06. The zero-order valence-corrected chi connectivity index (χ0v) is 14.3. The smallest absolute Gasteiger partial charge is 0.414 e. The van der Waals surface area contributed by atoms with Crippen LogP contribution in [0.25, 0.3) is 0 Å². The highest BCUT2D eigenvalue weighted by Crippen LogP contribution is 2.23. The van der Waals surface area contributed by atoms with E-state index in [1.165, 1.54) is 29.2 Å². The van der Waals surface area contributed by atoms with E-state index in [0.29, 0.717) is 14.9 Å². The van der Waals surface area contributed by atoms with Crippen molar-refractivity contribution in [1.29, 1.82) is 0 Å². The van der Waals surface area contributed by atoms with Gasteiger partial charge in [0.15, 0.2) is 0 Å². The van der Waals surface area contributed by atoms with Gasteiger partial charge >= 0.3 is 6.09 Å². The van der Waals surface area contributed by atoms with Crippen molar-refractivity contribution in [2.75, 3.05) is 18.0 Å². The fourth-order valence-corrected chi connectivity index (χ4v) is 3.31. The Morgan fingerprint density at radius 1 is 1.32 bits per heavy atom. The molecule has 2 N–H and O–H groups in total. The van der Waals surface area contributed by atoms with Gasteiger partial charge in [-0.15, -0.1) is 11.3 Å². The van der Waals surface area contributed by atoms with Crippen LogP contribution in [0, 0.1) is 10.4 Å². The molecule has 0 aliphatic carbocycles. The monoisotopic (exact) mass is 382 g/mol. The highest BCUT2D eigenvalue weighted by atomic mass is 35.5. The lowest BCUT2D eigenvalue weighted by molar-refractivity contribution is -0.715. The molecule has 0 radical (unpaired) electrons. The molecular formula is C15H13ClN3O5S-. The van der Waals surface area contributed by atoms with E-state index in [0.717, 1.165) is 11.3 Å². The van der Waals surface area contributed by atoms with E-state index in [-0.39, 0.29) is 24.7 Å².